The monoisotopic (exact) mass is 277 g/mol. The molecular weight excluding hydrogens is 254 g/mol. The van der Waals surface area contributed by atoms with E-state index in [0.29, 0.717) is 0 Å². The quantitative estimate of drug-likeness (QED) is 0.812. The summed E-state index contributed by atoms with van der Waals surface area (Å²) in [5.41, 5.74) is 2.33. The van der Waals surface area contributed by atoms with Crippen LogP contribution in [0.4, 0.5) is 0 Å². The second-order valence-corrected chi connectivity index (χ2v) is 5.40. The predicted octanol–water partition coefficient (Wildman–Crippen LogP) is 0.746. The van der Waals surface area contributed by atoms with Gasteiger partial charge in [-0.3, -0.25) is 14.8 Å². The van der Waals surface area contributed by atoms with Gasteiger partial charge in [0.15, 0.2) is 0 Å². The summed E-state index contributed by atoms with van der Waals surface area (Å²) in [6.07, 6.45) is 0. The van der Waals surface area contributed by atoms with Crippen LogP contribution in [0.5, 0.6) is 0 Å². The molecule has 2 aliphatic rings. The molecule has 0 saturated carbocycles. The topological polar surface area (TPSA) is 37.8 Å². The molecular formula is C15H23N3O2. The minimum Gasteiger partial charge on any atom is -0.379 e. The van der Waals surface area contributed by atoms with Crippen LogP contribution < -0.4 is 0 Å². The first-order valence-electron chi connectivity index (χ1n) is 7.45. The van der Waals surface area contributed by atoms with Crippen LogP contribution >= 0.6 is 0 Å². The van der Waals surface area contributed by atoms with Crippen LogP contribution in [0.3, 0.4) is 0 Å². The minimum atomic E-state index is 0.841. The summed E-state index contributed by atoms with van der Waals surface area (Å²) in [4.78, 5) is 9.61. The molecule has 110 valence electrons. The Hall–Kier alpha value is -1.01. The highest BCUT2D eigenvalue weighted by atomic mass is 16.5. The molecule has 2 aliphatic heterocycles. The Balaban J connectivity index is 1.57. The lowest BCUT2D eigenvalue weighted by Gasteiger charge is -2.27. The average molecular weight is 277 g/mol. The third kappa shape index (κ3) is 3.99. The minimum absolute atomic E-state index is 0.841. The molecule has 0 aliphatic carbocycles. The summed E-state index contributed by atoms with van der Waals surface area (Å²) in [6, 6.07) is 6.37. The van der Waals surface area contributed by atoms with Gasteiger partial charge in [0.25, 0.3) is 0 Å². The van der Waals surface area contributed by atoms with Crippen molar-refractivity contribution in [2.24, 2.45) is 0 Å². The summed E-state index contributed by atoms with van der Waals surface area (Å²) in [6.45, 7) is 9.26. The van der Waals surface area contributed by atoms with E-state index >= 15 is 0 Å². The average Bonchev–Trinajstić information content (AvgIpc) is 2.50. The second kappa shape index (κ2) is 7.13. The van der Waals surface area contributed by atoms with Crippen LogP contribution in [-0.4, -0.2) is 67.4 Å². The lowest BCUT2D eigenvalue weighted by Crippen LogP contribution is -2.36. The summed E-state index contributed by atoms with van der Waals surface area (Å²) in [5, 5.41) is 0. The molecule has 0 N–H and O–H groups in total. The molecule has 3 heterocycles. The Morgan fingerprint density at radius 1 is 0.800 bits per heavy atom. The van der Waals surface area contributed by atoms with E-state index in [9.17, 15) is 0 Å². The predicted molar refractivity (Wildman–Crippen MR) is 76.4 cm³/mol. The lowest BCUT2D eigenvalue weighted by atomic mass is 10.2. The van der Waals surface area contributed by atoms with Crippen molar-refractivity contribution >= 4 is 0 Å². The molecule has 0 radical (unpaired) electrons. The van der Waals surface area contributed by atoms with E-state index in [1.54, 1.807) is 0 Å². The molecule has 2 fully saturated rings. The van der Waals surface area contributed by atoms with Gasteiger partial charge in [-0.25, -0.2) is 0 Å². The third-order valence-electron chi connectivity index (χ3n) is 3.84. The van der Waals surface area contributed by atoms with E-state index in [1.165, 1.54) is 0 Å². The molecule has 5 heteroatoms. The Morgan fingerprint density at radius 3 is 1.70 bits per heavy atom. The van der Waals surface area contributed by atoms with Gasteiger partial charge < -0.3 is 9.47 Å². The highest BCUT2D eigenvalue weighted by Gasteiger charge is 2.13. The molecule has 0 spiro atoms. The molecule has 5 nitrogen and oxygen atoms in total. The van der Waals surface area contributed by atoms with Crippen LogP contribution in [0.15, 0.2) is 18.2 Å². The zero-order chi connectivity index (χ0) is 13.6. The summed E-state index contributed by atoms with van der Waals surface area (Å²) in [5.74, 6) is 0. The van der Waals surface area contributed by atoms with Gasteiger partial charge in [0.05, 0.1) is 37.8 Å². The number of aromatic nitrogens is 1. The SMILES string of the molecule is c1cc(CN2CCOCC2)nc(CN2CCOCC2)c1. The first kappa shape index (κ1) is 13.9. The van der Waals surface area contributed by atoms with Crippen molar-refractivity contribution in [3.8, 4) is 0 Å². The van der Waals surface area contributed by atoms with Crippen LogP contribution in [0.1, 0.15) is 11.4 Å². The van der Waals surface area contributed by atoms with Crippen LogP contribution in [-0.2, 0) is 22.6 Å². The standard InChI is InChI=1S/C15H23N3O2/c1-2-14(12-17-4-8-19-9-5-17)16-15(3-1)13-18-6-10-20-11-7-18/h1-3H,4-13H2. The van der Waals surface area contributed by atoms with Crippen molar-refractivity contribution in [1.82, 2.24) is 14.8 Å². The van der Waals surface area contributed by atoms with Gasteiger partial charge in [-0.1, -0.05) is 6.07 Å². The number of morpholine rings is 2. The van der Waals surface area contributed by atoms with Crippen molar-refractivity contribution < 1.29 is 9.47 Å². The van der Waals surface area contributed by atoms with Gasteiger partial charge in [-0.2, -0.15) is 0 Å². The zero-order valence-electron chi connectivity index (χ0n) is 12.0. The molecule has 0 amide bonds. The Bertz CT molecular complexity index is 380. The fourth-order valence-electron chi connectivity index (χ4n) is 2.68. The maximum atomic E-state index is 5.38. The molecule has 1 aromatic rings. The van der Waals surface area contributed by atoms with E-state index in [-0.39, 0.29) is 0 Å². The van der Waals surface area contributed by atoms with E-state index in [4.69, 9.17) is 14.5 Å². The highest BCUT2D eigenvalue weighted by molar-refractivity contribution is 5.11. The molecule has 20 heavy (non-hydrogen) atoms. The van der Waals surface area contributed by atoms with Crippen molar-refractivity contribution in [1.29, 1.82) is 0 Å². The van der Waals surface area contributed by atoms with E-state index in [1.807, 2.05) is 0 Å². The maximum absolute atomic E-state index is 5.38. The van der Waals surface area contributed by atoms with E-state index in [0.717, 1.165) is 77.1 Å². The fourth-order valence-corrected chi connectivity index (χ4v) is 2.68. The van der Waals surface area contributed by atoms with Crippen molar-refractivity contribution in [3.63, 3.8) is 0 Å². The van der Waals surface area contributed by atoms with E-state index in [2.05, 4.69) is 28.0 Å². The first-order valence-corrected chi connectivity index (χ1v) is 7.45. The summed E-state index contributed by atoms with van der Waals surface area (Å²) < 4.78 is 10.8. The summed E-state index contributed by atoms with van der Waals surface area (Å²) in [7, 11) is 0. The zero-order valence-corrected chi connectivity index (χ0v) is 12.0. The molecule has 1 aromatic heterocycles. The third-order valence-corrected chi connectivity index (χ3v) is 3.84. The lowest BCUT2D eigenvalue weighted by molar-refractivity contribution is 0.0323. The fraction of sp³-hybridized carbons (Fsp3) is 0.667. The second-order valence-electron chi connectivity index (χ2n) is 5.40. The van der Waals surface area contributed by atoms with Crippen LogP contribution in [0.25, 0.3) is 0 Å². The maximum Gasteiger partial charge on any atom is 0.0594 e. The van der Waals surface area contributed by atoms with Crippen molar-refractivity contribution in [2.45, 2.75) is 13.1 Å². The van der Waals surface area contributed by atoms with Crippen molar-refractivity contribution in [3.05, 3.63) is 29.6 Å². The Labute approximate surface area is 120 Å². The number of ether oxygens (including phenoxy) is 2. The molecule has 2 saturated heterocycles. The van der Waals surface area contributed by atoms with E-state index < -0.39 is 0 Å². The normalized spacial score (nSPS) is 22.0. The van der Waals surface area contributed by atoms with Gasteiger partial charge >= 0.3 is 0 Å². The van der Waals surface area contributed by atoms with Gasteiger partial charge in [0, 0.05) is 39.3 Å². The van der Waals surface area contributed by atoms with Crippen LogP contribution in [0.2, 0.25) is 0 Å². The highest BCUT2D eigenvalue weighted by Crippen LogP contribution is 2.09. The van der Waals surface area contributed by atoms with Gasteiger partial charge in [-0.15, -0.1) is 0 Å². The molecule has 3 rings (SSSR count). The molecule has 0 bridgehead atoms. The molecule has 0 aromatic carbocycles. The number of nitrogens with zero attached hydrogens (tertiary/aromatic N) is 3. The first-order chi connectivity index (χ1) is 9.90. The summed E-state index contributed by atoms with van der Waals surface area (Å²) >= 11 is 0. The number of hydrogen-bond acceptors (Lipinski definition) is 5. The number of hydrogen-bond donors (Lipinski definition) is 0. The number of pyridine rings is 1. The van der Waals surface area contributed by atoms with Crippen molar-refractivity contribution in [2.75, 3.05) is 52.6 Å². The largest absolute Gasteiger partial charge is 0.379 e. The Morgan fingerprint density at radius 2 is 1.25 bits per heavy atom. The molecule has 0 unspecified atom stereocenters. The number of rotatable bonds is 4. The van der Waals surface area contributed by atoms with Crippen LogP contribution in [0, 0.1) is 0 Å². The smallest absolute Gasteiger partial charge is 0.0594 e. The van der Waals surface area contributed by atoms with Gasteiger partial charge in [-0.05, 0) is 12.1 Å². The van der Waals surface area contributed by atoms with Gasteiger partial charge in [0.1, 0.15) is 0 Å². The molecule has 0 atom stereocenters. The Kier molecular flexibility index (Phi) is 4.97. The van der Waals surface area contributed by atoms with Gasteiger partial charge in [0.2, 0.25) is 0 Å².